The zero-order valence-corrected chi connectivity index (χ0v) is 24.2. The van der Waals surface area contributed by atoms with E-state index in [0.29, 0.717) is 10.9 Å². The van der Waals surface area contributed by atoms with E-state index in [2.05, 4.69) is 24.1 Å². The van der Waals surface area contributed by atoms with Gasteiger partial charge in [-0.25, -0.2) is 14.6 Å². The maximum Gasteiger partial charge on any atom is 0.407 e. The predicted molar refractivity (Wildman–Crippen MR) is 149 cm³/mol. The molecule has 2 aromatic heterocycles. The van der Waals surface area contributed by atoms with Crippen LogP contribution in [0.15, 0.2) is 24.3 Å². The van der Waals surface area contributed by atoms with Crippen molar-refractivity contribution in [2.24, 2.45) is 5.92 Å². The maximum absolute atomic E-state index is 12.6. The Morgan fingerprint density at radius 2 is 1.71 bits per heavy atom. The second-order valence-electron chi connectivity index (χ2n) is 10.8. The van der Waals surface area contributed by atoms with E-state index in [9.17, 15) is 14.7 Å². The average molecular weight is 540 g/mol. The molecule has 3 rings (SSSR count). The van der Waals surface area contributed by atoms with Crippen LogP contribution in [0.1, 0.15) is 77.4 Å². The van der Waals surface area contributed by atoms with Crippen molar-refractivity contribution in [3.8, 4) is 17.0 Å². The minimum absolute atomic E-state index is 0.0632. The number of nitrogens with one attached hydrogen (secondary N) is 1. The van der Waals surface area contributed by atoms with Crippen molar-refractivity contribution in [3.05, 3.63) is 62.2 Å². The summed E-state index contributed by atoms with van der Waals surface area (Å²) >= 11 is 1.08. The van der Waals surface area contributed by atoms with Crippen molar-refractivity contribution in [2.45, 2.75) is 80.6 Å². The van der Waals surface area contributed by atoms with Crippen LogP contribution in [0, 0.1) is 26.7 Å². The Morgan fingerprint density at radius 1 is 1.05 bits per heavy atom. The molecule has 2 N–H and O–H groups in total. The Morgan fingerprint density at radius 3 is 2.29 bits per heavy atom. The van der Waals surface area contributed by atoms with Gasteiger partial charge in [0.1, 0.15) is 12.2 Å². The summed E-state index contributed by atoms with van der Waals surface area (Å²) in [5.74, 6) is -0.645. The number of nitrogens with zero attached hydrogens (tertiary/aromatic N) is 2. The van der Waals surface area contributed by atoms with Gasteiger partial charge in [0.15, 0.2) is 4.88 Å². The number of thiazole rings is 1. The molecule has 204 valence electrons. The number of carbonyl (C=O) groups is 2. The highest BCUT2D eigenvalue weighted by molar-refractivity contribution is 7.13. The zero-order chi connectivity index (χ0) is 28.2. The third-order valence-electron chi connectivity index (χ3n) is 5.69. The summed E-state index contributed by atoms with van der Waals surface area (Å²) in [7, 11) is 0. The number of aromatic nitrogens is 2. The number of rotatable bonds is 9. The fourth-order valence-electron chi connectivity index (χ4n) is 4.09. The molecule has 38 heavy (non-hydrogen) atoms. The van der Waals surface area contributed by atoms with Crippen molar-refractivity contribution >= 4 is 23.4 Å². The number of benzene rings is 1. The number of alkyl carbamates (subject to hydrolysis) is 1. The lowest BCUT2D eigenvalue weighted by Gasteiger charge is -2.23. The van der Waals surface area contributed by atoms with Crippen LogP contribution >= 0.6 is 11.3 Å². The van der Waals surface area contributed by atoms with E-state index in [1.54, 1.807) is 6.92 Å². The van der Waals surface area contributed by atoms with Crippen LogP contribution in [0.2, 0.25) is 0 Å². The zero-order valence-electron chi connectivity index (χ0n) is 23.4. The summed E-state index contributed by atoms with van der Waals surface area (Å²) < 4.78 is 11.5. The van der Waals surface area contributed by atoms with Gasteiger partial charge >= 0.3 is 12.1 Å². The van der Waals surface area contributed by atoms with Crippen molar-refractivity contribution in [2.75, 3.05) is 0 Å². The molecule has 0 spiro atoms. The molecule has 0 saturated heterocycles. The van der Waals surface area contributed by atoms with E-state index in [1.165, 1.54) is 0 Å². The van der Waals surface area contributed by atoms with Crippen molar-refractivity contribution in [3.63, 3.8) is 0 Å². The number of carboxylic acid groups (broad SMARTS) is 1. The number of amides is 1. The largest absolute Gasteiger partial charge is 0.477 e. The van der Waals surface area contributed by atoms with Crippen molar-refractivity contribution < 1.29 is 24.2 Å². The van der Waals surface area contributed by atoms with E-state index in [4.69, 9.17) is 14.5 Å². The first-order chi connectivity index (χ1) is 17.7. The van der Waals surface area contributed by atoms with Gasteiger partial charge in [-0.05, 0) is 65.0 Å². The molecule has 0 atom stereocenters. The Labute approximate surface area is 228 Å². The number of hydrogen-bond acceptors (Lipinski definition) is 7. The van der Waals surface area contributed by atoms with E-state index in [-0.39, 0.29) is 23.9 Å². The summed E-state index contributed by atoms with van der Waals surface area (Å²) in [6.07, 6.45) is 0.214. The van der Waals surface area contributed by atoms with Crippen LogP contribution in [0.5, 0.6) is 5.88 Å². The third kappa shape index (κ3) is 7.54. The van der Waals surface area contributed by atoms with Gasteiger partial charge in [-0.1, -0.05) is 43.7 Å². The number of carboxylic acids is 1. The highest BCUT2D eigenvalue weighted by Crippen LogP contribution is 2.34. The second-order valence-corrected chi connectivity index (χ2v) is 12.0. The molecule has 8 nitrogen and oxygen atoms in total. The fraction of sp³-hybridized carbons (Fsp3) is 0.448. The summed E-state index contributed by atoms with van der Waals surface area (Å²) in [5.41, 5.74) is 5.73. The summed E-state index contributed by atoms with van der Waals surface area (Å²) in [4.78, 5) is 33.6. The Balaban J connectivity index is 2.13. The van der Waals surface area contributed by atoms with Crippen LogP contribution in [0.25, 0.3) is 11.1 Å². The predicted octanol–water partition coefficient (Wildman–Crippen LogP) is 6.63. The lowest BCUT2D eigenvalue weighted by molar-refractivity contribution is 0.0523. The molecule has 0 bridgehead atoms. The van der Waals surface area contributed by atoms with Crippen LogP contribution in [-0.4, -0.2) is 32.7 Å². The number of aromatic carboxylic acids is 1. The lowest BCUT2D eigenvalue weighted by Crippen LogP contribution is -2.32. The molecule has 9 heteroatoms. The summed E-state index contributed by atoms with van der Waals surface area (Å²) in [6.45, 7) is 15.7. The van der Waals surface area contributed by atoms with Crippen molar-refractivity contribution in [1.29, 1.82) is 0 Å². The Hall–Kier alpha value is -3.46. The van der Waals surface area contributed by atoms with Crippen LogP contribution in [0.3, 0.4) is 0 Å². The Kier molecular flexibility index (Phi) is 9.14. The molecule has 0 unspecified atom stereocenters. The molecule has 0 radical (unpaired) electrons. The molecule has 0 fully saturated rings. The third-order valence-corrected chi connectivity index (χ3v) is 6.63. The fourth-order valence-corrected chi connectivity index (χ4v) is 4.80. The van der Waals surface area contributed by atoms with Gasteiger partial charge in [-0.15, -0.1) is 11.3 Å². The highest BCUT2D eigenvalue weighted by Gasteiger charge is 2.24. The smallest absolute Gasteiger partial charge is 0.407 e. The monoisotopic (exact) mass is 539 g/mol. The van der Waals surface area contributed by atoms with Gasteiger partial charge in [-0.2, -0.15) is 0 Å². The van der Waals surface area contributed by atoms with Gasteiger partial charge in [-0.3, -0.25) is 4.98 Å². The number of ether oxygens (including phenoxy) is 2. The van der Waals surface area contributed by atoms with E-state index in [1.807, 2.05) is 58.9 Å². The molecule has 3 aromatic rings. The number of aryl methyl sites for hydroxylation is 3. The first-order valence-electron chi connectivity index (χ1n) is 12.6. The normalized spacial score (nSPS) is 11.5. The lowest BCUT2D eigenvalue weighted by atomic mass is 9.90. The van der Waals surface area contributed by atoms with Gasteiger partial charge in [0, 0.05) is 29.1 Å². The highest BCUT2D eigenvalue weighted by atomic mass is 32.1. The molecule has 0 aliphatic carbocycles. The topological polar surface area (TPSA) is 111 Å². The second kappa shape index (κ2) is 11.9. The molecule has 2 heterocycles. The number of hydrogen-bond donors (Lipinski definition) is 2. The van der Waals surface area contributed by atoms with Crippen molar-refractivity contribution in [1.82, 2.24) is 15.3 Å². The molecular weight excluding hydrogens is 502 g/mol. The minimum Gasteiger partial charge on any atom is -0.477 e. The van der Waals surface area contributed by atoms with E-state index < -0.39 is 17.7 Å². The van der Waals surface area contributed by atoms with E-state index >= 15 is 0 Å². The molecule has 0 aliphatic heterocycles. The molecule has 1 amide bonds. The molecular formula is C29H37N3O5S. The van der Waals surface area contributed by atoms with E-state index in [0.717, 1.165) is 57.0 Å². The summed E-state index contributed by atoms with van der Waals surface area (Å²) in [6, 6.07) is 8.16. The van der Waals surface area contributed by atoms with Crippen LogP contribution in [0.4, 0.5) is 4.79 Å². The minimum atomic E-state index is -1.08. The van der Waals surface area contributed by atoms with Gasteiger partial charge in [0.25, 0.3) is 0 Å². The maximum atomic E-state index is 12.6. The van der Waals surface area contributed by atoms with Crippen LogP contribution < -0.4 is 10.1 Å². The molecule has 0 saturated carbocycles. The molecule has 0 aliphatic rings. The Bertz CT molecular complexity index is 1310. The first-order valence-corrected chi connectivity index (χ1v) is 13.5. The quantitative estimate of drug-likeness (QED) is 0.314. The molecule has 1 aromatic carbocycles. The van der Waals surface area contributed by atoms with Gasteiger partial charge < -0.3 is 19.9 Å². The standard InChI is InChI=1S/C29H37N3O5S/c1-16(2)13-23-21(14-30-28(35)37-29(6,7)8)24(20-11-9-17(3)10-12-20)22(18(4)31-23)15-36-26-25(27(33)34)38-19(5)32-26/h9-12,16H,13-15H2,1-8H3,(H,30,35)(H,33,34). The van der Waals surface area contributed by atoms with Crippen LogP contribution in [-0.2, 0) is 24.3 Å². The number of carbonyl (C=O) groups excluding carboxylic acids is 1. The number of pyridine rings is 1. The average Bonchev–Trinajstić information content (AvgIpc) is 3.17. The summed E-state index contributed by atoms with van der Waals surface area (Å²) in [5, 5.41) is 13.1. The van der Waals surface area contributed by atoms with Gasteiger partial charge in [0.05, 0.1) is 5.01 Å². The SMILES string of the molecule is Cc1ccc(-c2c(COc3nc(C)sc3C(=O)O)c(C)nc(CC(C)C)c2CNC(=O)OC(C)(C)C)cc1. The first kappa shape index (κ1) is 29.1. The van der Waals surface area contributed by atoms with Gasteiger partial charge in [0.2, 0.25) is 5.88 Å².